The molecule has 1 aromatic carbocycles. The standard InChI is InChI=1S/C9H7IO3/c10-7-3-1-6(5-8(7)11)2-4-9(12)13/h1-5,11H,(H,12,13). The number of carboxylic acid groups (broad SMARTS) is 1. The highest BCUT2D eigenvalue weighted by Gasteiger charge is 1.96. The molecular weight excluding hydrogens is 283 g/mol. The first kappa shape index (κ1) is 10.0. The zero-order valence-corrected chi connectivity index (χ0v) is 8.72. The number of carbonyl (C=O) groups is 1. The highest BCUT2D eigenvalue weighted by Crippen LogP contribution is 2.20. The molecule has 0 aromatic heterocycles. The van der Waals surface area contributed by atoms with Crippen LogP contribution in [-0.2, 0) is 4.79 Å². The molecule has 0 aliphatic carbocycles. The van der Waals surface area contributed by atoms with E-state index in [9.17, 15) is 9.90 Å². The van der Waals surface area contributed by atoms with Crippen molar-refractivity contribution in [2.75, 3.05) is 0 Å². The molecule has 4 heteroatoms. The molecule has 0 bridgehead atoms. The fourth-order valence-electron chi connectivity index (χ4n) is 0.801. The van der Waals surface area contributed by atoms with E-state index in [0.717, 1.165) is 9.65 Å². The lowest BCUT2D eigenvalue weighted by Gasteiger charge is -1.97. The van der Waals surface area contributed by atoms with E-state index in [1.807, 2.05) is 22.6 Å². The van der Waals surface area contributed by atoms with Gasteiger partial charge in [-0.2, -0.15) is 0 Å². The van der Waals surface area contributed by atoms with Crippen LogP contribution in [0.25, 0.3) is 6.08 Å². The van der Waals surface area contributed by atoms with Gasteiger partial charge in [-0.05, 0) is 46.4 Å². The molecule has 0 saturated carbocycles. The lowest BCUT2D eigenvalue weighted by Crippen LogP contribution is -1.85. The Morgan fingerprint density at radius 3 is 2.69 bits per heavy atom. The van der Waals surface area contributed by atoms with Crippen molar-refractivity contribution in [3.63, 3.8) is 0 Å². The number of rotatable bonds is 2. The summed E-state index contributed by atoms with van der Waals surface area (Å²) in [5.74, 6) is -0.842. The molecule has 2 N–H and O–H groups in total. The Kier molecular flexibility index (Phi) is 3.30. The zero-order chi connectivity index (χ0) is 9.84. The topological polar surface area (TPSA) is 57.5 Å². The van der Waals surface area contributed by atoms with E-state index in [-0.39, 0.29) is 5.75 Å². The van der Waals surface area contributed by atoms with Gasteiger partial charge in [-0.3, -0.25) is 0 Å². The molecule has 1 rings (SSSR count). The maximum absolute atomic E-state index is 10.2. The molecule has 0 spiro atoms. The molecule has 0 aliphatic heterocycles. The SMILES string of the molecule is O=C(O)C=Cc1ccc(I)c(O)c1. The van der Waals surface area contributed by atoms with E-state index in [1.54, 1.807) is 12.1 Å². The summed E-state index contributed by atoms with van der Waals surface area (Å²) in [7, 11) is 0. The van der Waals surface area contributed by atoms with Gasteiger partial charge < -0.3 is 10.2 Å². The van der Waals surface area contributed by atoms with Crippen molar-refractivity contribution in [1.82, 2.24) is 0 Å². The van der Waals surface area contributed by atoms with Gasteiger partial charge in [-0.25, -0.2) is 4.79 Å². The van der Waals surface area contributed by atoms with Crippen molar-refractivity contribution < 1.29 is 15.0 Å². The van der Waals surface area contributed by atoms with Crippen LogP contribution in [0.3, 0.4) is 0 Å². The Labute approximate surface area is 88.8 Å². The van der Waals surface area contributed by atoms with Gasteiger partial charge in [0.25, 0.3) is 0 Å². The monoisotopic (exact) mass is 290 g/mol. The number of hydrogen-bond donors (Lipinski definition) is 2. The Hall–Kier alpha value is -1.04. The third kappa shape index (κ3) is 3.06. The van der Waals surface area contributed by atoms with Gasteiger partial charge in [0.1, 0.15) is 5.75 Å². The first-order valence-corrected chi connectivity index (χ1v) is 4.57. The average Bonchev–Trinajstić information content (AvgIpc) is 2.07. The van der Waals surface area contributed by atoms with Crippen LogP contribution in [0.4, 0.5) is 0 Å². The fraction of sp³-hybridized carbons (Fsp3) is 0. The van der Waals surface area contributed by atoms with Gasteiger partial charge in [0.05, 0.1) is 3.57 Å². The van der Waals surface area contributed by atoms with Gasteiger partial charge in [0.15, 0.2) is 0 Å². The summed E-state index contributed by atoms with van der Waals surface area (Å²) >= 11 is 1.99. The van der Waals surface area contributed by atoms with Crippen molar-refractivity contribution in [2.45, 2.75) is 0 Å². The third-order valence-corrected chi connectivity index (χ3v) is 2.30. The molecule has 0 amide bonds. The van der Waals surface area contributed by atoms with Crippen LogP contribution in [0.5, 0.6) is 5.75 Å². The molecule has 1 aromatic rings. The quantitative estimate of drug-likeness (QED) is 0.647. The highest BCUT2D eigenvalue weighted by molar-refractivity contribution is 14.1. The number of hydrogen-bond acceptors (Lipinski definition) is 2. The lowest BCUT2D eigenvalue weighted by atomic mass is 10.2. The van der Waals surface area contributed by atoms with Crippen molar-refractivity contribution >= 4 is 34.6 Å². The lowest BCUT2D eigenvalue weighted by molar-refractivity contribution is -0.131. The number of carboxylic acids is 1. The van der Waals surface area contributed by atoms with Crippen LogP contribution >= 0.6 is 22.6 Å². The number of halogens is 1. The van der Waals surface area contributed by atoms with E-state index in [0.29, 0.717) is 5.56 Å². The number of phenols is 1. The minimum absolute atomic E-state index is 0.160. The summed E-state index contributed by atoms with van der Waals surface area (Å²) in [6, 6.07) is 4.97. The minimum atomic E-state index is -1.00. The second-order valence-corrected chi connectivity index (χ2v) is 3.54. The fourth-order valence-corrected chi connectivity index (χ4v) is 1.14. The average molecular weight is 290 g/mol. The van der Waals surface area contributed by atoms with Crippen LogP contribution < -0.4 is 0 Å². The second-order valence-electron chi connectivity index (χ2n) is 2.38. The molecule has 0 radical (unpaired) electrons. The Morgan fingerprint density at radius 1 is 1.46 bits per heavy atom. The van der Waals surface area contributed by atoms with E-state index < -0.39 is 5.97 Å². The van der Waals surface area contributed by atoms with Gasteiger partial charge in [-0.15, -0.1) is 0 Å². The number of phenolic OH excluding ortho intramolecular Hbond substituents is 1. The summed E-state index contributed by atoms with van der Waals surface area (Å²) in [5, 5.41) is 17.6. The van der Waals surface area contributed by atoms with Crippen LogP contribution in [0, 0.1) is 3.57 Å². The Balaban J connectivity index is 2.92. The Bertz CT molecular complexity index is 358. The summed E-state index contributed by atoms with van der Waals surface area (Å²) in [5.41, 5.74) is 0.667. The smallest absolute Gasteiger partial charge is 0.328 e. The van der Waals surface area contributed by atoms with Crippen molar-refractivity contribution in [1.29, 1.82) is 0 Å². The van der Waals surface area contributed by atoms with Crippen LogP contribution in [-0.4, -0.2) is 16.2 Å². The Morgan fingerprint density at radius 2 is 2.15 bits per heavy atom. The molecule has 0 atom stereocenters. The van der Waals surface area contributed by atoms with Gasteiger partial charge in [-0.1, -0.05) is 6.07 Å². The van der Waals surface area contributed by atoms with E-state index in [1.165, 1.54) is 12.1 Å². The summed E-state index contributed by atoms with van der Waals surface area (Å²) < 4.78 is 0.741. The molecule has 13 heavy (non-hydrogen) atoms. The molecule has 0 saturated heterocycles. The third-order valence-electron chi connectivity index (χ3n) is 1.39. The maximum atomic E-state index is 10.2. The number of benzene rings is 1. The van der Waals surface area contributed by atoms with Crippen molar-refractivity contribution in [3.8, 4) is 5.75 Å². The van der Waals surface area contributed by atoms with E-state index in [4.69, 9.17) is 5.11 Å². The predicted molar refractivity (Wildman–Crippen MR) is 57.5 cm³/mol. The maximum Gasteiger partial charge on any atom is 0.328 e. The molecule has 0 unspecified atom stereocenters. The minimum Gasteiger partial charge on any atom is -0.507 e. The van der Waals surface area contributed by atoms with Crippen LogP contribution in [0.15, 0.2) is 24.3 Å². The number of aliphatic carboxylic acids is 1. The summed E-state index contributed by atoms with van der Waals surface area (Å²) in [6.45, 7) is 0. The molecule has 0 fully saturated rings. The van der Waals surface area contributed by atoms with Gasteiger partial charge in [0, 0.05) is 6.08 Å². The van der Waals surface area contributed by atoms with Crippen molar-refractivity contribution in [2.24, 2.45) is 0 Å². The largest absolute Gasteiger partial charge is 0.507 e. The van der Waals surface area contributed by atoms with Crippen LogP contribution in [0.1, 0.15) is 5.56 Å². The summed E-state index contributed by atoms with van der Waals surface area (Å²) in [6.07, 6.45) is 2.46. The van der Waals surface area contributed by atoms with E-state index >= 15 is 0 Å². The number of aromatic hydroxyl groups is 1. The molecular formula is C9H7IO3. The normalized spacial score (nSPS) is 10.5. The second kappa shape index (κ2) is 4.27. The molecule has 68 valence electrons. The predicted octanol–water partition coefficient (Wildman–Crippen LogP) is 2.09. The molecule has 3 nitrogen and oxygen atoms in total. The molecule has 0 heterocycles. The highest BCUT2D eigenvalue weighted by atomic mass is 127. The zero-order valence-electron chi connectivity index (χ0n) is 6.57. The van der Waals surface area contributed by atoms with Crippen LogP contribution in [0.2, 0.25) is 0 Å². The molecule has 0 aliphatic rings. The van der Waals surface area contributed by atoms with Gasteiger partial charge >= 0.3 is 5.97 Å². The first-order valence-electron chi connectivity index (χ1n) is 3.49. The van der Waals surface area contributed by atoms with Crippen molar-refractivity contribution in [3.05, 3.63) is 33.4 Å². The summed E-state index contributed by atoms with van der Waals surface area (Å²) in [4.78, 5) is 10.2. The van der Waals surface area contributed by atoms with E-state index in [2.05, 4.69) is 0 Å². The van der Waals surface area contributed by atoms with Gasteiger partial charge in [0.2, 0.25) is 0 Å². The first-order chi connectivity index (χ1) is 6.09.